The summed E-state index contributed by atoms with van der Waals surface area (Å²) in [5.41, 5.74) is 1.64. The number of carbonyl (C=O) groups excluding carboxylic acids is 2. The Morgan fingerprint density at radius 1 is 1.16 bits per heavy atom. The number of amides is 2. The third kappa shape index (κ3) is 5.42. The lowest BCUT2D eigenvalue weighted by atomic mass is 10.1. The maximum atomic E-state index is 13.4. The van der Waals surface area contributed by atoms with Crippen LogP contribution < -0.4 is 19.7 Å². The number of nitrogens with one attached hydrogen (secondary N) is 1. The normalized spacial score (nSPS) is 16.7. The van der Waals surface area contributed by atoms with Crippen LogP contribution in [0.2, 0.25) is 0 Å². The molecule has 5 rings (SSSR count). The van der Waals surface area contributed by atoms with E-state index in [1.807, 2.05) is 36.1 Å². The predicted molar refractivity (Wildman–Crippen MR) is 133 cm³/mol. The van der Waals surface area contributed by atoms with Crippen molar-refractivity contribution < 1.29 is 23.8 Å². The van der Waals surface area contributed by atoms with Gasteiger partial charge in [-0.25, -0.2) is 14.8 Å². The van der Waals surface area contributed by atoms with Crippen molar-refractivity contribution in [1.29, 1.82) is 0 Å². The molecule has 2 aliphatic rings. The fourth-order valence-corrected chi connectivity index (χ4v) is 4.25. The summed E-state index contributed by atoms with van der Waals surface area (Å²) >= 11 is 0. The molecule has 1 unspecified atom stereocenters. The van der Waals surface area contributed by atoms with E-state index in [9.17, 15) is 9.59 Å². The number of benzene rings is 1. The SMILES string of the molecule is Cc1cc(N2CCN(C(=O)OC(C)C)C(C(=O)NCc3ccc4c(c3)OCO4)C2)nc(-n2ccnc2)n1. The number of aromatic nitrogens is 4. The summed E-state index contributed by atoms with van der Waals surface area (Å²) in [6.07, 6.45) is 4.24. The molecule has 0 bridgehead atoms. The molecule has 2 aliphatic heterocycles. The van der Waals surface area contributed by atoms with Crippen molar-refractivity contribution >= 4 is 17.8 Å². The van der Waals surface area contributed by atoms with Gasteiger partial charge in [0.2, 0.25) is 18.6 Å². The van der Waals surface area contributed by atoms with Crippen molar-refractivity contribution in [2.45, 2.75) is 39.5 Å². The van der Waals surface area contributed by atoms with Crippen LogP contribution in [0.1, 0.15) is 25.1 Å². The molecule has 2 amide bonds. The van der Waals surface area contributed by atoms with E-state index in [4.69, 9.17) is 14.2 Å². The van der Waals surface area contributed by atoms with E-state index >= 15 is 0 Å². The summed E-state index contributed by atoms with van der Waals surface area (Å²) in [4.78, 5) is 43.0. The lowest BCUT2D eigenvalue weighted by Gasteiger charge is -2.40. The average molecular weight is 508 g/mol. The number of anilines is 1. The number of fused-ring (bicyclic) bond motifs is 1. The number of carbonyl (C=O) groups is 2. The van der Waals surface area contributed by atoms with Crippen LogP contribution in [-0.4, -0.2) is 75.0 Å². The summed E-state index contributed by atoms with van der Waals surface area (Å²) in [7, 11) is 0. The Morgan fingerprint density at radius 2 is 2.00 bits per heavy atom. The molecule has 0 saturated carbocycles. The van der Waals surface area contributed by atoms with Crippen LogP contribution >= 0.6 is 0 Å². The maximum absolute atomic E-state index is 13.4. The summed E-state index contributed by atoms with van der Waals surface area (Å²) in [6, 6.07) is 6.60. The molecule has 1 aromatic carbocycles. The standard InChI is InChI=1S/C25H29N7O5/c1-16(2)37-25(34)32-9-8-30(22-10-17(3)28-24(29-22)31-7-6-26-14-31)13-19(32)23(33)27-12-18-4-5-20-21(11-18)36-15-35-20/h4-7,10-11,14,16,19H,8-9,12-13,15H2,1-3H3,(H,27,33). The van der Waals surface area contributed by atoms with Gasteiger partial charge in [0.05, 0.1) is 6.10 Å². The Labute approximate surface area is 214 Å². The molecule has 1 fully saturated rings. The molecule has 1 atom stereocenters. The average Bonchev–Trinajstić information content (AvgIpc) is 3.58. The van der Waals surface area contributed by atoms with E-state index in [1.54, 1.807) is 37.1 Å². The van der Waals surface area contributed by atoms with Crippen molar-refractivity contribution in [3.05, 3.63) is 54.2 Å². The first-order valence-electron chi connectivity index (χ1n) is 12.1. The second-order valence-electron chi connectivity index (χ2n) is 9.13. The third-order valence-corrected chi connectivity index (χ3v) is 6.05. The highest BCUT2D eigenvalue weighted by molar-refractivity contribution is 5.86. The number of ether oxygens (including phenoxy) is 3. The Morgan fingerprint density at radius 3 is 2.78 bits per heavy atom. The van der Waals surface area contributed by atoms with E-state index in [2.05, 4.69) is 20.3 Å². The van der Waals surface area contributed by atoms with Gasteiger partial charge in [0.15, 0.2) is 11.5 Å². The van der Waals surface area contributed by atoms with Crippen molar-refractivity contribution in [2.24, 2.45) is 0 Å². The van der Waals surface area contributed by atoms with Crippen LogP contribution in [0.25, 0.3) is 5.95 Å². The number of hydrogen-bond donors (Lipinski definition) is 1. The zero-order chi connectivity index (χ0) is 25.9. The van der Waals surface area contributed by atoms with Gasteiger partial charge in [-0.2, -0.15) is 4.98 Å². The van der Waals surface area contributed by atoms with Gasteiger partial charge >= 0.3 is 6.09 Å². The first-order valence-corrected chi connectivity index (χ1v) is 12.1. The number of nitrogens with zero attached hydrogens (tertiary/aromatic N) is 6. The highest BCUT2D eigenvalue weighted by atomic mass is 16.7. The van der Waals surface area contributed by atoms with Crippen molar-refractivity contribution in [3.63, 3.8) is 0 Å². The van der Waals surface area contributed by atoms with E-state index < -0.39 is 12.1 Å². The fraction of sp³-hybridized carbons (Fsp3) is 0.400. The van der Waals surface area contributed by atoms with Crippen LogP contribution in [0, 0.1) is 6.92 Å². The highest BCUT2D eigenvalue weighted by Gasteiger charge is 2.37. The van der Waals surface area contributed by atoms with Gasteiger partial charge in [-0.05, 0) is 38.5 Å². The monoisotopic (exact) mass is 507 g/mol. The molecule has 3 aromatic rings. The van der Waals surface area contributed by atoms with Crippen LogP contribution in [0.5, 0.6) is 11.5 Å². The number of aryl methyl sites for hydroxylation is 1. The minimum atomic E-state index is -0.777. The third-order valence-electron chi connectivity index (χ3n) is 6.05. The molecule has 0 aliphatic carbocycles. The quantitative estimate of drug-likeness (QED) is 0.534. The molecule has 0 radical (unpaired) electrons. The van der Waals surface area contributed by atoms with Gasteiger partial charge in [-0.3, -0.25) is 14.3 Å². The molecule has 194 valence electrons. The summed E-state index contributed by atoms with van der Waals surface area (Å²) < 4.78 is 17.9. The lowest BCUT2D eigenvalue weighted by Crippen LogP contribution is -2.61. The van der Waals surface area contributed by atoms with Gasteiger partial charge < -0.3 is 24.4 Å². The smallest absolute Gasteiger partial charge is 0.410 e. The summed E-state index contributed by atoms with van der Waals surface area (Å²) in [5.74, 6) is 2.18. The molecule has 1 N–H and O–H groups in total. The molecule has 2 aromatic heterocycles. The molecule has 0 spiro atoms. The van der Waals surface area contributed by atoms with Crippen LogP contribution in [0.4, 0.5) is 10.6 Å². The number of hydrogen-bond acceptors (Lipinski definition) is 9. The van der Waals surface area contributed by atoms with Gasteiger partial charge in [0.25, 0.3) is 0 Å². The van der Waals surface area contributed by atoms with Crippen LogP contribution in [0.3, 0.4) is 0 Å². The van der Waals surface area contributed by atoms with Gasteiger partial charge in [0, 0.05) is 50.3 Å². The van der Waals surface area contributed by atoms with E-state index in [0.717, 1.165) is 11.3 Å². The molecule has 12 nitrogen and oxygen atoms in total. The summed E-state index contributed by atoms with van der Waals surface area (Å²) in [6.45, 7) is 6.94. The molecule has 37 heavy (non-hydrogen) atoms. The number of rotatable bonds is 6. The fourth-order valence-electron chi connectivity index (χ4n) is 4.25. The first kappa shape index (κ1) is 24.3. The van der Waals surface area contributed by atoms with Crippen molar-refractivity contribution in [1.82, 2.24) is 29.7 Å². The Kier molecular flexibility index (Phi) is 6.80. The van der Waals surface area contributed by atoms with Crippen LogP contribution in [0.15, 0.2) is 43.0 Å². The van der Waals surface area contributed by atoms with Crippen molar-refractivity contribution in [2.75, 3.05) is 31.3 Å². The Hall–Kier alpha value is -4.35. The van der Waals surface area contributed by atoms with E-state index in [-0.39, 0.29) is 31.9 Å². The number of piperazine rings is 1. The second-order valence-corrected chi connectivity index (χ2v) is 9.13. The molecule has 4 heterocycles. The Balaban J connectivity index is 1.35. The highest BCUT2D eigenvalue weighted by Crippen LogP contribution is 2.32. The van der Waals surface area contributed by atoms with Crippen molar-refractivity contribution in [3.8, 4) is 17.4 Å². The predicted octanol–water partition coefficient (Wildman–Crippen LogP) is 2.05. The number of imidazole rings is 1. The van der Waals surface area contributed by atoms with Gasteiger partial charge in [-0.15, -0.1) is 0 Å². The molecular weight excluding hydrogens is 478 g/mol. The minimum Gasteiger partial charge on any atom is -0.454 e. The van der Waals surface area contributed by atoms with E-state index in [1.165, 1.54) is 4.90 Å². The van der Waals surface area contributed by atoms with Gasteiger partial charge in [-0.1, -0.05) is 6.07 Å². The molecule has 12 heteroatoms. The maximum Gasteiger partial charge on any atom is 0.410 e. The topological polar surface area (TPSA) is 124 Å². The first-order chi connectivity index (χ1) is 17.9. The van der Waals surface area contributed by atoms with Crippen LogP contribution in [-0.2, 0) is 16.1 Å². The molecular formula is C25H29N7O5. The zero-order valence-electron chi connectivity index (χ0n) is 21.0. The second kappa shape index (κ2) is 10.3. The largest absolute Gasteiger partial charge is 0.454 e. The van der Waals surface area contributed by atoms with E-state index in [0.29, 0.717) is 36.4 Å². The Bertz CT molecular complexity index is 1280. The molecule has 1 saturated heterocycles. The lowest BCUT2D eigenvalue weighted by molar-refractivity contribution is -0.126. The zero-order valence-corrected chi connectivity index (χ0v) is 21.0. The summed E-state index contributed by atoms with van der Waals surface area (Å²) in [5, 5.41) is 2.96. The minimum absolute atomic E-state index is 0.182. The van der Waals surface area contributed by atoms with Gasteiger partial charge in [0.1, 0.15) is 18.2 Å².